The molecule has 7 rings (SSSR count). The largest absolute Gasteiger partial charge is 0.388 e. The summed E-state index contributed by atoms with van der Waals surface area (Å²) in [6, 6.07) is 43.5. The van der Waals surface area contributed by atoms with Gasteiger partial charge in [0.05, 0.1) is 0 Å². The average Bonchev–Trinajstić information content (AvgIpc) is 3.56. The fourth-order valence-electron chi connectivity index (χ4n) is 8.20. The molecule has 0 heterocycles. The predicted molar refractivity (Wildman–Crippen MR) is 183 cm³/mol. The Kier molecular flexibility index (Phi) is 6.73. The fourth-order valence-corrected chi connectivity index (χ4v) is 8.20. The van der Waals surface area contributed by atoms with Crippen molar-refractivity contribution in [2.75, 3.05) is 24.7 Å². The number of rotatable bonds is 7. The van der Waals surface area contributed by atoms with E-state index in [0.29, 0.717) is 5.92 Å². The van der Waals surface area contributed by atoms with Crippen LogP contribution in [0.1, 0.15) is 77.5 Å². The molecular formula is C41H40N2. The molecule has 214 valence electrons. The highest BCUT2D eigenvalue weighted by Gasteiger charge is 2.55. The van der Waals surface area contributed by atoms with Gasteiger partial charge in [-0.25, -0.2) is 0 Å². The second-order valence-electron chi connectivity index (χ2n) is 12.5. The number of allylic oxidation sites excluding steroid dienone is 1. The van der Waals surface area contributed by atoms with Gasteiger partial charge in [0.15, 0.2) is 0 Å². The first-order valence-electron chi connectivity index (χ1n) is 15.5. The highest BCUT2D eigenvalue weighted by Crippen LogP contribution is 2.65. The van der Waals surface area contributed by atoms with Gasteiger partial charge in [-0.2, -0.15) is 0 Å². The molecule has 2 nitrogen and oxygen atoms in total. The lowest BCUT2D eigenvalue weighted by atomic mass is 9.53. The monoisotopic (exact) mass is 560 g/mol. The predicted octanol–water partition coefficient (Wildman–Crippen LogP) is 10.2. The van der Waals surface area contributed by atoms with Gasteiger partial charge in [-0.05, 0) is 87.2 Å². The molecule has 0 bridgehead atoms. The summed E-state index contributed by atoms with van der Waals surface area (Å²) in [5, 5.41) is 6.90. The highest BCUT2D eigenvalue weighted by atomic mass is 14.8. The van der Waals surface area contributed by atoms with Crippen LogP contribution in [0.4, 0.5) is 11.4 Å². The summed E-state index contributed by atoms with van der Waals surface area (Å²) < 4.78 is 0. The van der Waals surface area contributed by atoms with Gasteiger partial charge < -0.3 is 10.6 Å². The molecule has 0 amide bonds. The molecule has 0 aromatic heterocycles. The second-order valence-corrected chi connectivity index (χ2v) is 12.5. The average molecular weight is 561 g/mol. The van der Waals surface area contributed by atoms with E-state index in [1.807, 2.05) is 14.1 Å². The quantitative estimate of drug-likeness (QED) is 0.207. The van der Waals surface area contributed by atoms with Gasteiger partial charge in [-0.3, -0.25) is 0 Å². The van der Waals surface area contributed by atoms with Gasteiger partial charge in [-0.15, -0.1) is 0 Å². The maximum Gasteiger partial charge on any atom is 0.0418 e. The molecule has 2 N–H and O–H groups in total. The van der Waals surface area contributed by atoms with E-state index >= 15 is 0 Å². The van der Waals surface area contributed by atoms with Crippen molar-refractivity contribution in [2.24, 2.45) is 0 Å². The minimum atomic E-state index is -0.419. The minimum absolute atomic E-state index is 0.0726. The number of hydrogen-bond acceptors (Lipinski definition) is 2. The molecule has 0 aliphatic heterocycles. The summed E-state index contributed by atoms with van der Waals surface area (Å²) in [5.74, 6) is 0.630. The maximum absolute atomic E-state index is 3.45. The van der Waals surface area contributed by atoms with Crippen molar-refractivity contribution < 1.29 is 0 Å². The van der Waals surface area contributed by atoms with E-state index < -0.39 is 5.41 Å². The standard InChI is InChI=1S/C41H40N2/c1-26(2)33-18-12-13-28-23-27(3)39(38(28)33)41(29-14-8-6-9-15-29,30-16-10-7-11-17-30)40-36-24-31(42-4)19-21-34(36)35-22-20-32(43-5)25-37(35)40/h6-26,39-40,42-43H,1-5H3. The molecule has 5 aromatic carbocycles. The first-order valence-corrected chi connectivity index (χ1v) is 15.5. The van der Waals surface area contributed by atoms with Crippen LogP contribution in [-0.2, 0) is 5.41 Å². The molecular weight excluding hydrogens is 520 g/mol. The SMILES string of the molecule is CNc1ccc2c(c1)C(C(c1ccccc1)(c1ccccc1)C1C(C)=Cc3cccc(C(C)C)c31)c1cc(NC)ccc1-2. The fraction of sp³-hybridized carbons (Fsp3) is 0.220. The number of fused-ring (bicyclic) bond motifs is 4. The number of benzene rings is 5. The molecule has 0 spiro atoms. The van der Waals surface area contributed by atoms with Crippen molar-refractivity contribution in [1.82, 2.24) is 0 Å². The summed E-state index contributed by atoms with van der Waals surface area (Å²) >= 11 is 0. The normalized spacial score (nSPS) is 15.6. The molecule has 0 saturated carbocycles. The Labute approximate surface area is 256 Å². The van der Waals surface area contributed by atoms with Crippen molar-refractivity contribution in [3.05, 3.63) is 160 Å². The van der Waals surface area contributed by atoms with E-state index in [1.54, 1.807) is 0 Å². The van der Waals surface area contributed by atoms with E-state index in [4.69, 9.17) is 0 Å². The van der Waals surface area contributed by atoms with Crippen molar-refractivity contribution in [1.29, 1.82) is 0 Å². The zero-order chi connectivity index (χ0) is 29.7. The summed E-state index contributed by atoms with van der Waals surface area (Å²) in [5.41, 5.74) is 15.7. The Balaban J connectivity index is 1.68. The molecule has 0 fully saturated rings. The molecule has 1 atom stereocenters. The zero-order valence-corrected chi connectivity index (χ0v) is 25.8. The van der Waals surface area contributed by atoms with Crippen LogP contribution in [0.25, 0.3) is 17.2 Å². The van der Waals surface area contributed by atoms with Crippen molar-refractivity contribution in [3.8, 4) is 11.1 Å². The van der Waals surface area contributed by atoms with Crippen LogP contribution in [0.2, 0.25) is 0 Å². The molecule has 5 aromatic rings. The molecule has 2 heteroatoms. The molecule has 43 heavy (non-hydrogen) atoms. The first-order chi connectivity index (χ1) is 21.0. The van der Waals surface area contributed by atoms with Gasteiger partial charge in [0.1, 0.15) is 0 Å². The van der Waals surface area contributed by atoms with E-state index in [1.165, 1.54) is 55.6 Å². The third kappa shape index (κ3) is 4.07. The smallest absolute Gasteiger partial charge is 0.0418 e. The Morgan fingerprint density at radius 1 is 0.605 bits per heavy atom. The van der Waals surface area contributed by atoms with Crippen LogP contribution in [0, 0.1) is 0 Å². The first kappa shape index (κ1) is 27.3. The van der Waals surface area contributed by atoms with E-state index in [2.05, 4.69) is 153 Å². The van der Waals surface area contributed by atoms with Crippen molar-refractivity contribution in [3.63, 3.8) is 0 Å². The van der Waals surface area contributed by atoms with Gasteiger partial charge in [0.25, 0.3) is 0 Å². The van der Waals surface area contributed by atoms with Crippen LogP contribution in [-0.4, -0.2) is 14.1 Å². The summed E-state index contributed by atoms with van der Waals surface area (Å²) in [7, 11) is 4.04. The lowest BCUT2D eigenvalue weighted by Crippen LogP contribution is -2.41. The molecule has 2 aliphatic rings. The van der Waals surface area contributed by atoms with Crippen molar-refractivity contribution in [2.45, 2.75) is 43.9 Å². The van der Waals surface area contributed by atoms with E-state index in [-0.39, 0.29) is 11.8 Å². The summed E-state index contributed by atoms with van der Waals surface area (Å²) in [6.07, 6.45) is 2.46. The summed E-state index contributed by atoms with van der Waals surface area (Å²) in [4.78, 5) is 0. The molecule has 1 unspecified atom stereocenters. The van der Waals surface area contributed by atoms with E-state index in [9.17, 15) is 0 Å². The lowest BCUT2D eigenvalue weighted by Gasteiger charge is -2.48. The summed E-state index contributed by atoms with van der Waals surface area (Å²) in [6.45, 7) is 7.04. The van der Waals surface area contributed by atoms with E-state index in [0.717, 1.165) is 11.4 Å². The van der Waals surface area contributed by atoms with Gasteiger partial charge >= 0.3 is 0 Å². The maximum atomic E-state index is 3.45. The van der Waals surface area contributed by atoms with Crippen molar-refractivity contribution >= 4 is 17.5 Å². The van der Waals surface area contributed by atoms with Crippen LogP contribution >= 0.6 is 0 Å². The van der Waals surface area contributed by atoms with Gasteiger partial charge in [0, 0.05) is 42.7 Å². The Bertz CT molecular complexity index is 1740. The topological polar surface area (TPSA) is 24.1 Å². The number of nitrogens with one attached hydrogen (secondary N) is 2. The second kappa shape index (κ2) is 10.6. The molecule has 0 saturated heterocycles. The molecule has 0 radical (unpaired) electrons. The van der Waals surface area contributed by atoms with Gasteiger partial charge in [-0.1, -0.05) is 116 Å². The molecule has 2 aliphatic carbocycles. The minimum Gasteiger partial charge on any atom is -0.388 e. The van der Waals surface area contributed by atoms with Crippen LogP contribution in [0.15, 0.2) is 121 Å². The lowest BCUT2D eigenvalue weighted by molar-refractivity contribution is 0.403. The Morgan fingerprint density at radius 2 is 1.14 bits per heavy atom. The van der Waals surface area contributed by atoms with Gasteiger partial charge in [0.2, 0.25) is 0 Å². The highest BCUT2D eigenvalue weighted by molar-refractivity contribution is 5.85. The number of hydrogen-bond donors (Lipinski definition) is 2. The zero-order valence-electron chi connectivity index (χ0n) is 25.8. The number of anilines is 2. The third-order valence-corrected chi connectivity index (χ3v) is 9.93. The van der Waals surface area contributed by atoms with Crippen LogP contribution < -0.4 is 10.6 Å². The van der Waals surface area contributed by atoms with Crippen LogP contribution in [0.3, 0.4) is 0 Å². The Morgan fingerprint density at radius 3 is 1.63 bits per heavy atom. The third-order valence-electron chi connectivity index (χ3n) is 9.93. The van der Waals surface area contributed by atoms with Crippen LogP contribution in [0.5, 0.6) is 0 Å². The Hall–Kier alpha value is -4.56.